The van der Waals surface area contributed by atoms with Crippen LogP contribution >= 0.6 is 23.1 Å². The third-order valence-corrected chi connectivity index (χ3v) is 5.56. The molecule has 0 spiro atoms. The number of aromatic nitrogens is 4. The van der Waals surface area contributed by atoms with E-state index in [4.69, 9.17) is 9.26 Å². The van der Waals surface area contributed by atoms with Crippen LogP contribution in [0.5, 0.6) is 0 Å². The van der Waals surface area contributed by atoms with E-state index in [0.29, 0.717) is 46.7 Å². The van der Waals surface area contributed by atoms with Gasteiger partial charge in [0.1, 0.15) is 0 Å². The number of nitrogens with zero attached hydrogens (tertiary/aromatic N) is 4. The van der Waals surface area contributed by atoms with Crippen molar-refractivity contribution in [2.24, 2.45) is 0 Å². The highest BCUT2D eigenvalue weighted by atomic mass is 32.2. The Kier molecular flexibility index (Phi) is 5.33. The number of hydrogen-bond donors (Lipinski definition) is 0. The number of rotatable bonds is 7. The molecule has 0 unspecified atom stereocenters. The molecule has 4 aromatic rings. The predicted octanol–water partition coefficient (Wildman–Crippen LogP) is 3.45. The number of thioether (sulfide) groups is 1. The zero-order valence-electron chi connectivity index (χ0n) is 14.5. The quantitative estimate of drug-likeness (QED) is 0.347. The number of ether oxygens (including phenoxy) is 1. The predicted molar refractivity (Wildman–Crippen MR) is 105 cm³/mol. The minimum atomic E-state index is -0.0790. The summed E-state index contributed by atoms with van der Waals surface area (Å²) in [5.74, 6) is 1.48. The van der Waals surface area contributed by atoms with Crippen molar-refractivity contribution in [2.45, 2.75) is 17.5 Å². The number of benzene rings is 1. The lowest BCUT2D eigenvalue weighted by molar-refractivity contribution is 0.183. The van der Waals surface area contributed by atoms with Crippen molar-refractivity contribution >= 4 is 34.0 Å². The average molecular weight is 400 g/mol. The molecule has 7 nitrogen and oxygen atoms in total. The van der Waals surface area contributed by atoms with E-state index in [2.05, 4.69) is 15.1 Å². The van der Waals surface area contributed by atoms with Gasteiger partial charge in [0, 0.05) is 18.1 Å². The number of para-hydroxylation sites is 1. The molecule has 0 saturated carbocycles. The molecule has 1 aromatic carbocycles. The van der Waals surface area contributed by atoms with Gasteiger partial charge in [0.25, 0.3) is 5.56 Å². The Labute approximate surface area is 163 Å². The van der Waals surface area contributed by atoms with Crippen LogP contribution in [0.2, 0.25) is 0 Å². The maximum Gasteiger partial charge on any atom is 0.262 e. The van der Waals surface area contributed by atoms with Gasteiger partial charge >= 0.3 is 0 Å². The zero-order valence-corrected chi connectivity index (χ0v) is 16.1. The van der Waals surface area contributed by atoms with Crippen LogP contribution in [-0.2, 0) is 17.0 Å². The number of thiophene rings is 1. The summed E-state index contributed by atoms with van der Waals surface area (Å²) in [5.41, 5.74) is 1.52. The number of methoxy groups -OCH3 is 1. The Bertz CT molecular complexity index is 1110. The minimum Gasteiger partial charge on any atom is -0.383 e. The Hall–Kier alpha value is -2.49. The second-order valence-corrected chi connectivity index (χ2v) is 7.40. The first-order chi connectivity index (χ1) is 13.3. The van der Waals surface area contributed by atoms with Crippen molar-refractivity contribution < 1.29 is 9.26 Å². The van der Waals surface area contributed by atoms with Gasteiger partial charge in [0.15, 0.2) is 5.16 Å². The molecule has 4 rings (SSSR count). The van der Waals surface area contributed by atoms with Crippen LogP contribution in [0.4, 0.5) is 0 Å². The molecular formula is C18H16N4O3S2. The normalized spacial score (nSPS) is 11.3. The Morgan fingerprint density at radius 3 is 2.96 bits per heavy atom. The maximum absolute atomic E-state index is 12.8. The van der Waals surface area contributed by atoms with Crippen molar-refractivity contribution in [3.05, 3.63) is 57.3 Å². The second kappa shape index (κ2) is 8.03. The molecule has 0 fully saturated rings. The third-order valence-electron chi connectivity index (χ3n) is 3.92. The van der Waals surface area contributed by atoms with Gasteiger partial charge < -0.3 is 9.26 Å². The van der Waals surface area contributed by atoms with E-state index in [9.17, 15) is 4.79 Å². The van der Waals surface area contributed by atoms with Gasteiger partial charge in [0.05, 0.1) is 29.8 Å². The SMILES string of the molecule is COCCn1c(SCc2nc(-c3ccsc3)no2)nc2ccccc2c1=O. The van der Waals surface area contributed by atoms with E-state index < -0.39 is 0 Å². The Morgan fingerprint density at radius 2 is 2.15 bits per heavy atom. The van der Waals surface area contributed by atoms with E-state index in [1.54, 1.807) is 29.1 Å². The van der Waals surface area contributed by atoms with Gasteiger partial charge in [-0.15, -0.1) is 0 Å². The van der Waals surface area contributed by atoms with Crippen LogP contribution in [0.15, 0.2) is 55.6 Å². The standard InChI is InChI=1S/C18H16N4O3S2/c1-24-8-7-22-17(23)13-4-2-3-5-14(13)19-18(22)27-11-15-20-16(21-25-15)12-6-9-26-10-12/h2-6,9-10H,7-8,11H2,1H3. The fraction of sp³-hybridized carbons (Fsp3) is 0.222. The molecule has 0 bridgehead atoms. The molecule has 3 aromatic heterocycles. The summed E-state index contributed by atoms with van der Waals surface area (Å²) in [4.78, 5) is 21.9. The molecule has 0 aliphatic rings. The summed E-state index contributed by atoms with van der Waals surface area (Å²) in [6, 6.07) is 9.27. The second-order valence-electron chi connectivity index (χ2n) is 5.67. The minimum absolute atomic E-state index is 0.0790. The van der Waals surface area contributed by atoms with Crippen LogP contribution < -0.4 is 5.56 Å². The molecule has 3 heterocycles. The van der Waals surface area contributed by atoms with E-state index in [1.165, 1.54) is 11.8 Å². The first-order valence-electron chi connectivity index (χ1n) is 8.23. The lowest BCUT2D eigenvalue weighted by Crippen LogP contribution is -2.25. The van der Waals surface area contributed by atoms with Crippen molar-refractivity contribution in [3.8, 4) is 11.4 Å². The van der Waals surface area contributed by atoms with Gasteiger partial charge in [-0.05, 0) is 23.6 Å². The van der Waals surface area contributed by atoms with Crippen LogP contribution in [0.3, 0.4) is 0 Å². The maximum atomic E-state index is 12.8. The van der Waals surface area contributed by atoms with Gasteiger partial charge in [-0.25, -0.2) is 4.98 Å². The van der Waals surface area contributed by atoms with Crippen LogP contribution in [0.25, 0.3) is 22.3 Å². The lowest BCUT2D eigenvalue weighted by atomic mass is 10.2. The van der Waals surface area contributed by atoms with Crippen LogP contribution in [-0.4, -0.2) is 33.4 Å². The molecule has 0 saturated heterocycles. The Morgan fingerprint density at radius 1 is 1.26 bits per heavy atom. The van der Waals surface area contributed by atoms with Crippen molar-refractivity contribution in [1.29, 1.82) is 0 Å². The largest absolute Gasteiger partial charge is 0.383 e. The molecule has 27 heavy (non-hydrogen) atoms. The fourth-order valence-corrected chi connectivity index (χ4v) is 4.08. The van der Waals surface area contributed by atoms with Crippen LogP contribution in [0, 0.1) is 0 Å². The lowest BCUT2D eigenvalue weighted by Gasteiger charge is -2.11. The number of hydrogen-bond acceptors (Lipinski definition) is 8. The smallest absolute Gasteiger partial charge is 0.262 e. The van der Waals surface area contributed by atoms with Crippen molar-refractivity contribution in [2.75, 3.05) is 13.7 Å². The molecule has 138 valence electrons. The number of fused-ring (bicyclic) bond motifs is 1. The highest BCUT2D eigenvalue weighted by Crippen LogP contribution is 2.24. The van der Waals surface area contributed by atoms with E-state index in [1.807, 2.05) is 35.0 Å². The fourth-order valence-electron chi connectivity index (χ4n) is 2.59. The van der Waals surface area contributed by atoms with Gasteiger partial charge in [-0.3, -0.25) is 9.36 Å². The summed E-state index contributed by atoms with van der Waals surface area (Å²) >= 11 is 2.97. The van der Waals surface area contributed by atoms with Crippen molar-refractivity contribution in [1.82, 2.24) is 19.7 Å². The van der Waals surface area contributed by atoms with Crippen LogP contribution in [0.1, 0.15) is 5.89 Å². The topological polar surface area (TPSA) is 83.0 Å². The van der Waals surface area contributed by atoms with Gasteiger partial charge in [-0.2, -0.15) is 16.3 Å². The van der Waals surface area contributed by atoms with E-state index in [0.717, 1.165) is 5.56 Å². The third kappa shape index (κ3) is 3.80. The summed E-state index contributed by atoms with van der Waals surface area (Å²) in [7, 11) is 1.61. The monoisotopic (exact) mass is 400 g/mol. The van der Waals surface area contributed by atoms with E-state index >= 15 is 0 Å². The van der Waals surface area contributed by atoms with Gasteiger partial charge in [0.2, 0.25) is 11.7 Å². The summed E-state index contributed by atoms with van der Waals surface area (Å²) < 4.78 is 12.1. The molecule has 0 aliphatic carbocycles. The molecule has 0 atom stereocenters. The molecule has 0 N–H and O–H groups in total. The van der Waals surface area contributed by atoms with Crippen molar-refractivity contribution in [3.63, 3.8) is 0 Å². The van der Waals surface area contributed by atoms with E-state index in [-0.39, 0.29) is 5.56 Å². The molecule has 0 amide bonds. The molecule has 0 radical (unpaired) electrons. The summed E-state index contributed by atoms with van der Waals surface area (Å²) in [6.45, 7) is 0.857. The average Bonchev–Trinajstić information content (AvgIpc) is 3.37. The first kappa shape index (κ1) is 17.9. The first-order valence-corrected chi connectivity index (χ1v) is 10.2. The zero-order chi connectivity index (χ0) is 18.6. The molecule has 9 heteroatoms. The molecular weight excluding hydrogens is 384 g/mol. The highest BCUT2D eigenvalue weighted by molar-refractivity contribution is 7.98. The summed E-state index contributed by atoms with van der Waals surface area (Å²) in [6.07, 6.45) is 0. The summed E-state index contributed by atoms with van der Waals surface area (Å²) in [5, 5.41) is 9.14. The highest BCUT2D eigenvalue weighted by Gasteiger charge is 2.14. The van der Waals surface area contributed by atoms with Gasteiger partial charge in [-0.1, -0.05) is 29.1 Å². The Balaban J connectivity index is 1.61. The molecule has 0 aliphatic heterocycles.